The minimum atomic E-state index is -1.86. The Labute approximate surface area is 184 Å². The van der Waals surface area contributed by atoms with Gasteiger partial charge in [0.1, 0.15) is 11.9 Å². The Balaban J connectivity index is 2.14. The van der Waals surface area contributed by atoms with Crippen LogP contribution in [-0.2, 0) is 0 Å². The maximum absolute atomic E-state index is 12.6. The summed E-state index contributed by atoms with van der Waals surface area (Å²) in [4.78, 5) is 12.6. The third-order valence-electron chi connectivity index (χ3n) is 3.87. The summed E-state index contributed by atoms with van der Waals surface area (Å²) in [5.74, 6) is -0.0741. The van der Waals surface area contributed by atoms with Gasteiger partial charge in [-0.1, -0.05) is 59.1 Å². The molecule has 150 valence electrons. The van der Waals surface area contributed by atoms with Gasteiger partial charge < -0.3 is 20.7 Å². The molecule has 0 unspecified atom stereocenters. The lowest BCUT2D eigenvalue weighted by Gasteiger charge is -2.28. The van der Waals surface area contributed by atoms with Crippen LogP contribution in [0.2, 0.25) is 0 Å². The topological polar surface area (TPSA) is 62.4 Å². The molecule has 1 amide bonds. The van der Waals surface area contributed by atoms with Crippen molar-refractivity contribution >= 4 is 63.7 Å². The van der Waals surface area contributed by atoms with Crippen molar-refractivity contribution in [2.24, 2.45) is 0 Å². The molecule has 2 aromatic rings. The van der Waals surface area contributed by atoms with Crippen LogP contribution in [0.5, 0.6) is 5.75 Å². The average molecular weight is 461 g/mol. The normalized spacial score (nSPS) is 12.1. The van der Waals surface area contributed by atoms with Crippen LogP contribution in [0.1, 0.15) is 21.5 Å². The van der Waals surface area contributed by atoms with E-state index in [0.717, 1.165) is 16.8 Å². The highest BCUT2D eigenvalue weighted by atomic mass is 35.6. The number of benzene rings is 2. The molecule has 0 spiro atoms. The maximum Gasteiger partial charge on any atom is 0.256 e. The van der Waals surface area contributed by atoms with E-state index < -0.39 is 15.9 Å². The molecule has 3 N–H and O–H groups in total. The van der Waals surface area contributed by atoms with Gasteiger partial charge >= 0.3 is 0 Å². The molecule has 0 bridgehead atoms. The summed E-state index contributed by atoms with van der Waals surface area (Å²) in [6.07, 6.45) is -1.08. The van der Waals surface area contributed by atoms with Gasteiger partial charge in [-0.3, -0.25) is 4.79 Å². The fourth-order valence-electron chi connectivity index (χ4n) is 2.40. The van der Waals surface area contributed by atoms with E-state index in [1.807, 2.05) is 32.0 Å². The number of para-hydroxylation sites is 1. The number of hydrogen-bond donors (Lipinski definition) is 3. The molecule has 0 aliphatic heterocycles. The highest BCUT2D eigenvalue weighted by Gasteiger charge is 2.35. The first-order valence-corrected chi connectivity index (χ1v) is 9.81. The van der Waals surface area contributed by atoms with Crippen molar-refractivity contribution in [1.82, 2.24) is 10.6 Å². The summed E-state index contributed by atoms with van der Waals surface area (Å²) in [6.45, 7) is 3.92. The van der Waals surface area contributed by atoms with E-state index in [1.165, 1.54) is 7.11 Å². The van der Waals surface area contributed by atoms with E-state index in [2.05, 4.69) is 16.0 Å². The highest BCUT2D eigenvalue weighted by Crippen LogP contribution is 2.30. The number of aryl methyl sites for hydroxylation is 2. The minimum Gasteiger partial charge on any atom is -0.496 e. The SMILES string of the molecule is COc1ccccc1C(=O)N[C@@H](NC(=S)Nc1cc(C)ccc1C)C(Cl)(Cl)Cl. The molecule has 2 rings (SSSR count). The van der Waals surface area contributed by atoms with Gasteiger partial charge in [0, 0.05) is 5.69 Å². The van der Waals surface area contributed by atoms with Crippen LogP contribution in [0.15, 0.2) is 42.5 Å². The number of amides is 1. The number of nitrogens with one attached hydrogen (secondary N) is 3. The van der Waals surface area contributed by atoms with Crippen molar-refractivity contribution < 1.29 is 9.53 Å². The summed E-state index contributed by atoms with van der Waals surface area (Å²) >= 11 is 23.5. The Bertz CT molecular complexity index is 872. The van der Waals surface area contributed by atoms with Gasteiger partial charge in [-0.15, -0.1) is 0 Å². The quantitative estimate of drug-likeness (QED) is 0.342. The van der Waals surface area contributed by atoms with Gasteiger partial charge in [0.25, 0.3) is 5.91 Å². The lowest BCUT2D eigenvalue weighted by atomic mass is 10.1. The minimum absolute atomic E-state index is 0.199. The zero-order valence-electron chi connectivity index (χ0n) is 15.5. The fraction of sp³-hybridized carbons (Fsp3) is 0.263. The average Bonchev–Trinajstić information content (AvgIpc) is 2.63. The first-order chi connectivity index (χ1) is 13.1. The largest absolute Gasteiger partial charge is 0.496 e. The molecule has 28 heavy (non-hydrogen) atoms. The van der Waals surface area contributed by atoms with Crippen LogP contribution in [0.25, 0.3) is 0 Å². The standard InChI is InChI=1S/C19H20Cl3N3O2S/c1-11-8-9-12(2)14(10-11)23-18(28)25-17(19(20,21)22)24-16(26)13-6-4-5-7-15(13)27-3/h4-10,17H,1-3H3,(H,24,26)(H2,23,25,28)/t17-/m0/s1. The molecule has 0 fully saturated rings. The number of carbonyl (C=O) groups is 1. The Kier molecular flexibility index (Phi) is 7.78. The van der Waals surface area contributed by atoms with E-state index in [4.69, 9.17) is 51.8 Å². The molecule has 0 saturated heterocycles. The molecule has 0 heterocycles. The van der Waals surface area contributed by atoms with Crippen LogP contribution < -0.4 is 20.7 Å². The smallest absolute Gasteiger partial charge is 0.256 e. The second-order valence-electron chi connectivity index (χ2n) is 6.07. The number of anilines is 1. The number of rotatable bonds is 5. The number of halogens is 3. The van der Waals surface area contributed by atoms with Gasteiger partial charge in [-0.05, 0) is 55.4 Å². The van der Waals surface area contributed by atoms with E-state index >= 15 is 0 Å². The molecule has 2 aromatic carbocycles. The van der Waals surface area contributed by atoms with Crippen LogP contribution in [0.3, 0.4) is 0 Å². The maximum atomic E-state index is 12.6. The molecule has 9 heteroatoms. The van der Waals surface area contributed by atoms with Crippen molar-refractivity contribution in [3.63, 3.8) is 0 Å². The molecular formula is C19H20Cl3N3O2S. The second-order valence-corrected chi connectivity index (χ2v) is 8.84. The lowest BCUT2D eigenvalue weighted by Crippen LogP contribution is -2.56. The first-order valence-electron chi connectivity index (χ1n) is 8.27. The number of thiocarbonyl (C=S) groups is 1. The van der Waals surface area contributed by atoms with E-state index in [-0.39, 0.29) is 5.11 Å². The van der Waals surface area contributed by atoms with E-state index in [9.17, 15) is 4.79 Å². The van der Waals surface area contributed by atoms with Gasteiger partial charge in [0.05, 0.1) is 12.7 Å². The Morgan fingerprint density at radius 1 is 1.11 bits per heavy atom. The third-order valence-corrected chi connectivity index (χ3v) is 4.75. The highest BCUT2D eigenvalue weighted by molar-refractivity contribution is 7.80. The Hall–Kier alpha value is -1.73. The number of alkyl halides is 3. The molecule has 0 aliphatic rings. The lowest BCUT2D eigenvalue weighted by molar-refractivity contribution is 0.0931. The van der Waals surface area contributed by atoms with Crippen LogP contribution in [0, 0.1) is 13.8 Å². The van der Waals surface area contributed by atoms with Gasteiger partial charge in [0.15, 0.2) is 5.11 Å². The van der Waals surface area contributed by atoms with Crippen molar-refractivity contribution in [1.29, 1.82) is 0 Å². The molecular weight excluding hydrogens is 441 g/mol. The Morgan fingerprint density at radius 2 is 1.79 bits per heavy atom. The van der Waals surface area contributed by atoms with Crippen LogP contribution in [-0.4, -0.2) is 28.1 Å². The first kappa shape index (κ1) is 22.6. The van der Waals surface area contributed by atoms with Crippen molar-refractivity contribution in [2.45, 2.75) is 23.8 Å². The predicted octanol–water partition coefficient (Wildman–Crippen LogP) is 4.72. The second kappa shape index (κ2) is 9.65. The van der Waals surface area contributed by atoms with Crippen molar-refractivity contribution in [2.75, 3.05) is 12.4 Å². The summed E-state index contributed by atoms with van der Waals surface area (Å²) < 4.78 is 3.34. The van der Waals surface area contributed by atoms with Gasteiger partial charge in [0.2, 0.25) is 3.79 Å². The number of hydrogen-bond acceptors (Lipinski definition) is 3. The Morgan fingerprint density at radius 3 is 2.43 bits per heavy atom. The summed E-state index contributed by atoms with van der Waals surface area (Å²) in [6, 6.07) is 12.6. The monoisotopic (exact) mass is 459 g/mol. The summed E-state index contributed by atoms with van der Waals surface area (Å²) in [5, 5.41) is 8.74. The zero-order chi connectivity index (χ0) is 20.9. The third kappa shape index (κ3) is 6.14. The van der Waals surface area contributed by atoms with E-state index in [0.29, 0.717) is 11.3 Å². The number of carbonyl (C=O) groups excluding carboxylic acids is 1. The van der Waals surface area contributed by atoms with Crippen molar-refractivity contribution in [3.8, 4) is 5.75 Å². The molecule has 0 saturated carbocycles. The molecule has 1 atom stereocenters. The van der Waals surface area contributed by atoms with E-state index in [1.54, 1.807) is 24.3 Å². The fourth-order valence-corrected chi connectivity index (χ4v) is 2.96. The van der Waals surface area contributed by atoms with Crippen LogP contribution >= 0.6 is 47.0 Å². The van der Waals surface area contributed by atoms with Crippen LogP contribution in [0.4, 0.5) is 5.69 Å². The number of methoxy groups -OCH3 is 1. The van der Waals surface area contributed by atoms with Crippen molar-refractivity contribution in [3.05, 3.63) is 59.2 Å². The summed E-state index contributed by atoms with van der Waals surface area (Å²) in [7, 11) is 1.47. The molecule has 5 nitrogen and oxygen atoms in total. The molecule has 0 radical (unpaired) electrons. The molecule has 0 aliphatic carbocycles. The summed E-state index contributed by atoms with van der Waals surface area (Å²) in [5.41, 5.74) is 3.19. The van der Waals surface area contributed by atoms with Gasteiger partial charge in [-0.25, -0.2) is 0 Å². The predicted molar refractivity (Wildman–Crippen MR) is 120 cm³/mol. The van der Waals surface area contributed by atoms with Gasteiger partial charge in [-0.2, -0.15) is 0 Å². The molecule has 0 aromatic heterocycles. The zero-order valence-corrected chi connectivity index (χ0v) is 18.6. The number of ether oxygens (including phenoxy) is 1.